The molecule has 4 atom stereocenters. The zero-order chi connectivity index (χ0) is 29.9. The lowest BCUT2D eigenvalue weighted by Gasteiger charge is -2.35. The summed E-state index contributed by atoms with van der Waals surface area (Å²) < 4.78 is 17.7. The first-order chi connectivity index (χ1) is 19.6. The smallest absolute Gasteiger partial charge is 0.323 e. The number of benzene rings is 2. The van der Waals surface area contributed by atoms with E-state index in [0.29, 0.717) is 41.6 Å². The molecule has 3 amide bonds. The lowest BCUT2D eigenvalue weighted by atomic mass is 10.0. The fraction of sp³-hybridized carbons (Fsp3) is 0.548. The van der Waals surface area contributed by atoms with Crippen LogP contribution < -0.4 is 20.1 Å². The van der Waals surface area contributed by atoms with Crippen LogP contribution in [0.3, 0.4) is 0 Å². The molecule has 1 aliphatic rings. The third kappa shape index (κ3) is 9.62. The molecule has 1 aliphatic heterocycles. The zero-order valence-corrected chi connectivity index (χ0v) is 25.2. The molecule has 2 aromatic rings. The van der Waals surface area contributed by atoms with Crippen LogP contribution in [0.25, 0.3) is 0 Å². The number of hydrogen-bond donors (Lipinski definition) is 3. The van der Waals surface area contributed by atoms with Crippen LogP contribution in [0.5, 0.6) is 11.5 Å². The number of ether oxygens (including phenoxy) is 3. The topological polar surface area (TPSA) is 113 Å². The van der Waals surface area contributed by atoms with E-state index < -0.39 is 12.1 Å². The first-order valence-electron chi connectivity index (χ1n) is 14.3. The predicted octanol–water partition coefficient (Wildman–Crippen LogP) is 4.70. The van der Waals surface area contributed by atoms with Crippen LogP contribution in [-0.2, 0) is 4.74 Å². The quantitative estimate of drug-likeness (QED) is 0.443. The highest BCUT2D eigenvalue weighted by Crippen LogP contribution is 2.28. The first kappa shape index (κ1) is 32.2. The Morgan fingerprint density at radius 1 is 1.12 bits per heavy atom. The molecular weight excluding hydrogens is 524 g/mol. The van der Waals surface area contributed by atoms with Gasteiger partial charge in [-0.2, -0.15) is 0 Å². The average molecular weight is 571 g/mol. The highest BCUT2D eigenvalue weighted by atomic mass is 16.5. The third-order valence-corrected chi connectivity index (χ3v) is 7.20. The number of aliphatic hydroxyl groups is 1. The summed E-state index contributed by atoms with van der Waals surface area (Å²) in [7, 11) is 5.60. The van der Waals surface area contributed by atoms with Crippen LogP contribution in [0.1, 0.15) is 50.4 Å². The molecule has 0 bridgehead atoms. The molecule has 2 aromatic carbocycles. The number of aliphatic hydroxyl groups excluding tert-OH is 1. The van der Waals surface area contributed by atoms with Gasteiger partial charge >= 0.3 is 6.03 Å². The monoisotopic (exact) mass is 570 g/mol. The summed E-state index contributed by atoms with van der Waals surface area (Å²) >= 11 is 0. The number of carbonyl (C=O) groups is 2. The molecular formula is C31H46N4O6. The van der Waals surface area contributed by atoms with Gasteiger partial charge < -0.3 is 39.8 Å². The summed E-state index contributed by atoms with van der Waals surface area (Å²) in [6.07, 6.45) is 2.47. The van der Waals surface area contributed by atoms with E-state index >= 15 is 0 Å². The van der Waals surface area contributed by atoms with Gasteiger partial charge in [0.1, 0.15) is 11.5 Å². The lowest BCUT2D eigenvalue weighted by molar-refractivity contribution is -0.0137. The van der Waals surface area contributed by atoms with Crippen LogP contribution in [0.15, 0.2) is 42.5 Å². The number of rotatable bonds is 7. The molecule has 0 unspecified atom stereocenters. The van der Waals surface area contributed by atoms with Gasteiger partial charge in [-0.25, -0.2) is 4.79 Å². The van der Waals surface area contributed by atoms with Crippen molar-refractivity contribution in [3.63, 3.8) is 0 Å². The van der Waals surface area contributed by atoms with Gasteiger partial charge in [-0.3, -0.25) is 4.79 Å². The second-order valence-corrected chi connectivity index (χ2v) is 11.1. The Hall–Kier alpha value is -3.34. The Morgan fingerprint density at radius 2 is 1.80 bits per heavy atom. The number of likely N-dealkylation sites (N-methyl/N-ethyl adjacent to an activating group) is 1. The molecule has 0 saturated carbocycles. The number of nitrogens with one attached hydrogen (secondary N) is 2. The number of anilines is 2. The van der Waals surface area contributed by atoms with Crippen molar-refractivity contribution in [3.8, 4) is 11.5 Å². The Bertz CT molecular complexity index is 1130. The summed E-state index contributed by atoms with van der Waals surface area (Å²) in [5.74, 6) is 0.869. The maximum atomic E-state index is 14.1. The summed E-state index contributed by atoms with van der Waals surface area (Å²) in [5, 5.41) is 15.7. The van der Waals surface area contributed by atoms with Crippen LogP contribution in [0.2, 0.25) is 0 Å². The van der Waals surface area contributed by atoms with E-state index in [9.17, 15) is 14.7 Å². The predicted molar refractivity (Wildman–Crippen MR) is 161 cm³/mol. The van der Waals surface area contributed by atoms with Gasteiger partial charge in [0.05, 0.1) is 37.5 Å². The Kier molecular flexibility index (Phi) is 12.2. The number of urea groups is 1. The van der Waals surface area contributed by atoms with E-state index in [1.165, 1.54) is 0 Å². The van der Waals surface area contributed by atoms with Crippen molar-refractivity contribution in [1.82, 2.24) is 9.80 Å². The van der Waals surface area contributed by atoms with E-state index in [1.807, 2.05) is 27.9 Å². The number of hydrogen-bond acceptors (Lipinski definition) is 7. The molecule has 0 saturated heterocycles. The van der Waals surface area contributed by atoms with Crippen LogP contribution in [0, 0.1) is 5.92 Å². The third-order valence-electron chi connectivity index (χ3n) is 7.20. The van der Waals surface area contributed by atoms with Gasteiger partial charge in [-0.15, -0.1) is 0 Å². The fourth-order valence-electron chi connectivity index (χ4n) is 4.79. The molecule has 0 spiro atoms. The van der Waals surface area contributed by atoms with Gasteiger partial charge in [0.2, 0.25) is 0 Å². The van der Waals surface area contributed by atoms with E-state index in [2.05, 4.69) is 22.5 Å². The van der Waals surface area contributed by atoms with Crippen molar-refractivity contribution in [2.45, 2.75) is 58.3 Å². The SMILES string of the molecule is COc1ccc(NC(=O)Nc2ccc3c(c2)C(=O)N([C@@H](C)CO)C[C@H](C)[C@@H](CN(C)C)OCCCC[C@@H](C)O3)cc1. The highest BCUT2D eigenvalue weighted by molar-refractivity contribution is 6.02. The molecule has 0 aliphatic carbocycles. The maximum Gasteiger partial charge on any atom is 0.323 e. The van der Waals surface area contributed by atoms with Crippen molar-refractivity contribution >= 4 is 23.3 Å². The first-order valence-corrected chi connectivity index (χ1v) is 14.3. The van der Waals surface area contributed by atoms with Crippen molar-refractivity contribution in [3.05, 3.63) is 48.0 Å². The average Bonchev–Trinajstić information content (AvgIpc) is 2.94. The molecule has 1 heterocycles. The zero-order valence-electron chi connectivity index (χ0n) is 25.2. The van der Waals surface area contributed by atoms with Crippen molar-refractivity contribution in [1.29, 1.82) is 0 Å². The van der Waals surface area contributed by atoms with Gasteiger partial charge in [0.15, 0.2) is 0 Å². The highest BCUT2D eigenvalue weighted by Gasteiger charge is 2.30. The van der Waals surface area contributed by atoms with Crippen molar-refractivity contribution < 1.29 is 28.9 Å². The summed E-state index contributed by atoms with van der Waals surface area (Å²) in [4.78, 5) is 30.7. The maximum absolute atomic E-state index is 14.1. The van der Waals surface area contributed by atoms with Gasteiger partial charge in [0, 0.05) is 37.0 Å². The summed E-state index contributed by atoms with van der Waals surface area (Å²) in [6.45, 7) is 7.46. The largest absolute Gasteiger partial charge is 0.497 e. The summed E-state index contributed by atoms with van der Waals surface area (Å²) in [6, 6.07) is 11.2. The number of fused-ring (bicyclic) bond motifs is 1. The number of nitrogens with zero attached hydrogens (tertiary/aromatic N) is 2. The molecule has 226 valence electrons. The lowest BCUT2D eigenvalue weighted by Crippen LogP contribution is -2.47. The van der Waals surface area contributed by atoms with Crippen molar-refractivity contribution in [2.75, 3.05) is 58.1 Å². The molecule has 41 heavy (non-hydrogen) atoms. The molecule has 3 rings (SSSR count). The van der Waals surface area contributed by atoms with Gasteiger partial charge in [0.25, 0.3) is 5.91 Å². The van der Waals surface area contributed by atoms with E-state index in [0.717, 1.165) is 25.8 Å². The number of carbonyl (C=O) groups excluding carboxylic acids is 2. The minimum atomic E-state index is -0.448. The Morgan fingerprint density at radius 3 is 2.46 bits per heavy atom. The van der Waals surface area contributed by atoms with Crippen LogP contribution in [-0.4, -0.2) is 92.6 Å². The van der Waals surface area contributed by atoms with Crippen LogP contribution >= 0.6 is 0 Å². The van der Waals surface area contributed by atoms with Gasteiger partial charge in [-0.05, 0) is 89.7 Å². The Labute approximate surface area is 243 Å². The molecule has 0 aromatic heterocycles. The normalized spacial score (nSPS) is 21.3. The Balaban J connectivity index is 1.91. The number of amides is 3. The minimum Gasteiger partial charge on any atom is -0.497 e. The summed E-state index contributed by atoms with van der Waals surface area (Å²) in [5.41, 5.74) is 1.37. The molecule has 0 radical (unpaired) electrons. The van der Waals surface area contributed by atoms with E-state index in [1.54, 1.807) is 54.5 Å². The van der Waals surface area contributed by atoms with Crippen molar-refractivity contribution in [2.24, 2.45) is 5.92 Å². The second kappa shape index (κ2) is 15.6. The van der Waals surface area contributed by atoms with E-state index in [-0.39, 0.29) is 30.6 Å². The minimum absolute atomic E-state index is 0.0122. The number of methoxy groups -OCH3 is 1. The van der Waals surface area contributed by atoms with Gasteiger partial charge in [-0.1, -0.05) is 6.92 Å². The van der Waals surface area contributed by atoms with Crippen LogP contribution in [0.4, 0.5) is 16.2 Å². The standard InChI is InChI=1S/C31H46N4O6/c1-21-18-35(22(2)20-36)30(37)27-17-25(33-31(38)32-24-10-13-26(39-6)14-11-24)12-15-28(27)41-23(3)9-7-8-16-40-29(21)19-34(4)5/h10-15,17,21-23,29,36H,7-9,16,18-20H2,1-6H3,(H2,32,33,38)/t21-,22-,23+,29+/m0/s1. The molecule has 10 heteroatoms. The second-order valence-electron chi connectivity index (χ2n) is 11.1. The molecule has 10 nitrogen and oxygen atoms in total. The molecule has 0 fully saturated rings. The van der Waals surface area contributed by atoms with E-state index in [4.69, 9.17) is 14.2 Å². The fourth-order valence-corrected chi connectivity index (χ4v) is 4.79. The molecule has 3 N–H and O–H groups in total.